The molecule has 3 N–H and O–H groups in total. The Kier molecular flexibility index (Phi) is 5.24. The number of aryl methyl sites for hydroxylation is 2. The van der Waals surface area contributed by atoms with Crippen LogP contribution in [0.15, 0.2) is 53.7 Å². The molecule has 0 saturated carbocycles. The second kappa shape index (κ2) is 7.60. The fourth-order valence-corrected chi connectivity index (χ4v) is 3.41. The van der Waals surface area contributed by atoms with E-state index in [2.05, 4.69) is 22.0 Å². The van der Waals surface area contributed by atoms with Crippen LogP contribution in [0, 0.1) is 25.2 Å². The molecule has 0 bridgehead atoms. The van der Waals surface area contributed by atoms with E-state index in [9.17, 15) is 4.79 Å². The van der Waals surface area contributed by atoms with Crippen molar-refractivity contribution in [2.45, 2.75) is 26.8 Å². The number of benzene rings is 2. The summed E-state index contributed by atoms with van der Waals surface area (Å²) in [5, 5.41) is 18.7. The van der Waals surface area contributed by atoms with Crippen LogP contribution < -0.4 is 16.0 Å². The minimum atomic E-state index is -0.391. The summed E-state index contributed by atoms with van der Waals surface area (Å²) in [5.41, 5.74) is 5.62. The number of carbonyl (C=O) groups excluding carboxylic acids is 1. The van der Waals surface area contributed by atoms with Crippen LogP contribution in [0.2, 0.25) is 0 Å². The van der Waals surface area contributed by atoms with Crippen molar-refractivity contribution in [2.24, 2.45) is 0 Å². The van der Waals surface area contributed by atoms with E-state index in [1.807, 2.05) is 51.1 Å². The maximum atomic E-state index is 13.1. The van der Waals surface area contributed by atoms with Gasteiger partial charge in [-0.1, -0.05) is 29.8 Å². The van der Waals surface area contributed by atoms with Gasteiger partial charge in [0.05, 0.1) is 23.2 Å². The lowest BCUT2D eigenvalue weighted by Crippen LogP contribution is -2.45. The predicted molar refractivity (Wildman–Crippen MR) is 110 cm³/mol. The average molecular weight is 376 g/mol. The van der Waals surface area contributed by atoms with Crippen LogP contribution in [0.1, 0.15) is 35.2 Å². The van der Waals surface area contributed by atoms with E-state index in [0.29, 0.717) is 21.9 Å². The summed E-state index contributed by atoms with van der Waals surface area (Å²) in [4.78, 5) is 13.1. The quantitative estimate of drug-likeness (QED) is 0.714. The average Bonchev–Trinajstić information content (AvgIpc) is 2.63. The van der Waals surface area contributed by atoms with Crippen molar-refractivity contribution >= 4 is 28.9 Å². The molecular weight excluding hydrogens is 356 g/mol. The van der Waals surface area contributed by atoms with Crippen LogP contribution in [0.25, 0.3) is 0 Å². The Bertz CT molecular complexity index is 986. The van der Waals surface area contributed by atoms with E-state index in [4.69, 9.17) is 17.5 Å². The summed E-state index contributed by atoms with van der Waals surface area (Å²) < 4.78 is 0. The molecule has 0 fully saturated rings. The molecule has 2 aromatic carbocycles. The van der Waals surface area contributed by atoms with E-state index in [0.717, 1.165) is 22.4 Å². The lowest BCUT2D eigenvalue weighted by atomic mass is 9.94. The zero-order chi connectivity index (χ0) is 19.6. The molecule has 0 saturated heterocycles. The summed E-state index contributed by atoms with van der Waals surface area (Å²) in [5.74, 6) is -0.198. The van der Waals surface area contributed by atoms with E-state index in [1.54, 1.807) is 12.1 Å². The minimum Gasteiger partial charge on any atom is -0.351 e. The fraction of sp³-hybridized carbons (Fsp3) is 0.190. The first-order valence-corrected chi connectivity index (χ1v) is 8.97. The third kappa shape index (κ3) is 3.99. The number of nitriles is 1. The highest BCUT2D eigenvalue weighted by atomic mass is 32.1. The van der Waals surface area contributed by atoms with Gasteiger partial charge in [0.2, 0.25) is 0 Å². The number of hydrogen-bond donors (Lipinski definition) is 3. The molecule has 0 spiro atoms. The van der Waals surface area contributed by atoms with Crippen molar-refractivity contribution in [1.29, 1.82) is 5.26 Å². The van der Waals surface area contributed by atoms with E-state index < -0.39 is 6.04 Å². The van der Waals surface area contributed by atoms with Crippen LogP contribution in [-0.2, 0) is 4.79 Å². The predicted octanol–water partition coefficient (Wildman–Crippen LogP) is 3.61. The van der Waals surface area contributed by atoms with E-state index in [-0.39, 0.29) is 5.91 Å². The highest BCUT2D eigenvalue weighted by Crippen LogP contribution is 2.28. The molecule has 2 aromatic rings. The zero-order valence-electron chi connectivity index (χ0n) is 15.4. The van der Waals surface area contributed by atoms with Gasteiger partial charge in [0.25, 0.3) is 5.91 Å². The summed E-state index contributed by atoms with van der Waals surface area (Å²) >= 11 is 5.27. The number of rotatable bonds is 3. The molecule has 6 heteroatoms. The minimum absolute atomic E-state index is 0.198. The molecule has 27 heavy (non-hydrogen) atoms. The monoisotopic (exact) mass is 376 g/mol. The SMILES string of the molecule is CC1=C(C(=O)Nc2ccc(C)cc2C)[C@H](c2ccc(C#N)cc2)NC(=S)N1. The molecular formula is C21H20N4OS. The number of allylic oxidation sites excluding steroid dienone is 1. The lowest BCUT2D eigenvalue weighted by Gasteiger charge is -2.30. The fourth-order valence-electron chi connectivity index (χ4n) is 3.14. The van der Waals surface area contributed by atoms with Crippen LogP contribution in [0.4, 0.5) is 5.69 Å². The first-order chi connectivity index (χ1) is 12.9. The standard InChI is InChI=1S/C21H20N4OS/c1-12-4-9-17(13(2)10-12)24-20(26)18-14(3)23-21(27)25-19(18)16-7-5-15(11-22)6-8-16/h4-10,19H,1-3H3,(H,24,26)(H2,23,25,27)/t19-/m0/s1. The Balaban J connectivity index is 1.95. The largest absolute Gasteiger partial charge is 0.351 e. The summed E-state index contributed by atoms with van der Waals surface area (Å²) in [6.45, 7) is 5.82. The molecule has 1 heterocycles. The second-order valence-electron chi connectivity index (χ2n) is 6.58. The number of amides is 1. The van der Waals surface area contributed by atoms with Crippen LogP contribution in [0.5, 0.6) is 0 Å². The van der Waals surface area contributed by atoms with Crippen molar-refractivity contribution in [3.8, 4) is 6.07 Å². The number of hydrogen-bond acceptors (Lipinski definition) is 3. The Morgan fingerprint density at radius 3 is 2.48 bits per heavy atom. The molecule has 0 radical (unpaired) electrons. The third-order valence-electron chi connectivity index (χ3n) is 4.52. The van der Waals surface area contributed by atoms with E-state index in [1.165, 1.54) is 0 Å². The highest BCUT2D eigenvalue weighted by Gasteiger charge is 2.30. The van der Waals surface area contributed by atoms with Crippen LogP contribution in [-0.4, -0.2) is 11.0 Å². The van der Waals surface area contributed by atoms with Gasteiger partial charge in [-0.15, -0.1) is 0 Å². The molecule has 1 atom stereocenters. The zero-order valence-corrected chi connectivity index (χ0v) is 16.2. The first-order valence-electron chi connectivity index (χ1n) is 8.56. The maximum Gasteiger partial charge on any atom is 0.255 e. The smallest absolute Gasteiger partial charge is 0.255 e. The van der Waals surface area contributed by atoms with Crippen LogP contribution >= 0.6 is 12.2 Å². The molecule has 0 aliphatic carbocycles. The molecule has 136 valence electrons. The molecule has 0 aromatic heterocycles. The van der Waals surface area contributed by atoms with Crippen molar-refractivity contribution in [3.05, 3.63) is 76.0 Å². The summed E-state index contributed by atoms with van der Waals surface area (Å²) in [7, 11) is 0. The molecule has 5 nitrogen and oxygen atoms in total. The molecule has 0 unspecified atom stereocenters. The van der Waals surface area contributed by atoms with Gasteiger partial charge >= 0.3 is 0 Å². The van der Waals surface area contributed by atoms with Gasteiger partial charge in [-0.3, -0.25) is 4.79 Å². The van der Waals surface area contributed by atoms with E-state index >= 15 is 0 Å². The number of carbonyl (C=O) groups is 1. The topological polar surface area (TPSA) is 77.0 Å². The molecule has 3 rings (SSSR count). The van der Waals surface area contributed by atoms with Gasteiger partial charge in [0, 0.05) is 11.4 Å². The number of nitrogens with zero attached hydrogens (tertiary/aromatic N) is 1. The Morgan fingerprint density at radius 2 is 1.85 bits per heavy atom. The number of nitrogens with one attached hydrogen (secondary N) is 3. The summed E-state index contributed by atoms with van der Waals surface area (Å²) in [6, 6.07) is 14.7. The molecule has 1 aliphatic rings. The van der Waals surface area contributed by atoms with Crippen LogP contribution in [0.3, 0.4) is 0 Å². The van der Waals surface area contributed by atoms with Crippen molar-refractivity contribution in [3.63, 3.8) is 0 Å². The Morgan fingerprint density at radius 1 is 1.15 bits per heavy atom. The van der Waals surface area contributed by atoms with Gasteiger partial charge < -0.3 is 16.0 Å². The van der Waals surface area contributed by atoms with Gasteiger partial charge in [0.1, 0.15) is 0 Å². The summed E-state index contributed by atoms with van der Waals surface area (Å²) in [6.07, 6.45) is 0. The lowest BCUT2D eigenvalue weighted by molar-refractivity contribution is -0.113. The van der Waals surface area contributed by atoms with Gasteiger partial charge in [-0.05, 0) is 62.3 Å². The number of anilines is 1. The van der Waals surface area contributed by atoms with Gasteiger partial charge in [-0.2, -0.15) is 5.26 Å². The molecule has 1 aliphatic heterocycles. The Labute approximate surface area is 164 Å². The van der Waals surface area contributed by atoms with Gasteiger partial charge in [0.15, 0.2) is 5.11 Å². The second-order valence-corrected chi connectivity index (χ2v) is 6.98. The van der Waals surface area contributed by atoms with Crippen molar-refractivity contribution < 1.29 is 4.79 Å². The maximum absolute atomic E-state index is 13.1. The van der Waals surface area contributed by atoms with Crippen molar-refractivity contribution in [1.82, 2.24) is 10.6 Å². The van der Waals surface area contributed by atoms with Gasteiger partial charge in [-0.25, -0.2) is 0 Å². The normalized spacial score (nSPS) is 16.2. The first kappa shape index (κ1) is 18.6. The molecule has 1 amide bonds. The Hall–Kier alpha value is -3.17. The highest BCUT2D eigenvalue weighted by molar-refractivity contribution is 7.80. The van der Waals surface area contributed by atoms with Crippen molar-refractivity contribution in [2.75, 3.05) is 5.32 Å². The number of thiocarbonyl (C=S) groups is 1. The third-order valence-corrected chi connectivity index (χ3v) is 4.74.